The van der Waals surface area contributed by atoms with Crippen LogP contribution in [-0.2, 0) is 25.6 Å². The molecule has 0 aliphatic heterocycles. The number of hydrogen-bond acceptors (Lipinski definition) is 10. The van der Waals surface area contributed by atoms with Gasteiger partial charge in [-0.05, 0) is 62.7 Å². The number of ketones is 5. The summed E-state index contributed by atoms with van der Waals surface area (Å²) in [6, 6.07) is 10.5. The number of aromatic hydroxyl groups is 1. The number of aliphatic hydroxyl groups is 1. The summed E-state index contributed by atoms with van der Waals surface area (Å²) in [4.78, 5) is 80.8. The summed E-state index contributed by atoms with van der Waals surface area (Å²) in [5.41, 5.74) is 3.51. The number of hydrogen-bond donors (Lipinski definition) is 4. The van der Waals surface area contributed by atoms with Crippen molar-refractivity contribution in [2.24, 2.45) is 29.4 Å². The van der Waals surface area contributed by atoms with Gasteiger partial charge < -0.3 is 21.3 Å². The van der Waals surface area contributed by atoms with Gasteiger partial charge in [0, 0.05) is 17.2 Å². The molecule has 11 nitrogen and oxygen atoms in total. The topological polar surface area (TPSA) is 184 Å². The van der Waals surface area contributed by atoms with Gasteiger partial charge in [-0.3, -0.25) is 33.7 Å². The molecule has 2 fully saturated rings. The zero-order valence-electron chi connectivity index (χ0n) is 21.9. The molecule has 6 atom stereocenters. The van der Waals surface area contributed by atoms with Crippen molar-refractivity contribution in [2.75, 3.05) is 26.0 Å². The minimum Gasteiger partial charge on any atom is -0.507 e. The second kappa shape index (κ2) is 9.76. The van der Waals surface area contributed by atoms with E-state index in [2.05, 4.69) is 5.32 Å². The lowest BCUT2D eigenvalue weighted by molar-refractivity contribution is -0.181. The molecule has 208 valence electrons. The smallest absolute Gasteiger partial charge is 0.235 e. The van der Waals surface area contributed by atoms with Gasteiger partial charge in [0.2, 0.25) is 5.91 Å². The number of nitrogens with two attached hydrogens (primary N) is 1. The van der Waals surface area contributed by atoms with Gasteiger partial charge in [0.25, 0.3) is 0 Å². The Morgan fingerprint density at radius 2 is 1.73 bits per heavy atom. The highest BCUT2D eigenvalue weighted by atomic mass is 16.3. The highest BCUT2D eigenvalue weighted by Crippen LogP contribution is 2.51. The maximum atomic E-state index is 13.8. The molecule has 5 rings (SSSR count). The lowest BCUT2D eigenvalue weighted by Gasteiger charge is -2.52. The first-order chi connectivity index (χ1) is 18.9. The van der Waals surface area contributed by atoms with E-state index in [9.17, 15) is 39.0 Å². The Bertz CT molecular complexity index is 1470. The number of fused-ring (bicyclic) bond motifs is 3. The maximum Gasteiger partial charge on any atom is 0.235 e. The van der Waals surface area contributed by atoms with Gasteiger partial charge in [-0.1, -0.05) is 18.2 Å². The van der Waals surface area contributed by atoms with Crippen LogP contribution in [0.4, 0.5) is 5.69 Å². The predicted octanol–water partition coefficient (Wildman–Crippen LogP) is 0.162. The summed E-state index contributed by atoms with van der Waals surface area (Å²) in [6.45, 7) is -0.0922. The first kappa shape index (κ1) is 27.4. The van der Waals surface area contributed by atoms with Crippen molar-refractivity contribution in [3.63, 3.8) is 0 Å². The summed E-state index contributed by atoms with van der Waals surface area (Å²) in [5, 5.41) is 25.3. The largest absolute Gasteiger partial charge is 0.507 e. The third kappa shape index (κ3) is 3.96. The first-order valence-electron chi connectivity index (χ1n) is 12.9. The van der Waals surface area contributed by atoms with Crippen molar-refractivity contribution in [3.8, 4) is 5.75 Å². The van der Waals surface area contributed by atoms with Crippen LogP contribution in [0.5, 0.6) is 5.75 Å². The van der Waals surface area contributed by atoms with Gasteiger partial charge in [0.15, 0.2) is 40.4 Å². The summed E-state index contributed by atoms with van der Waals surface area (Å²) in [7, 11) is 3.03. The fourth-order valence-corrected chi connectivity index (χ4v) is 6.70. The fraction of sp³-hybridized carbons (Fsp3) is 0.379. The van der Waals surface area contributed by atoms with Crippen LogP contribution in [0.25, 0.3) is 0 Å². The molecule has 0 heterocycles. The maximum absolute atomic E-state index is 13.8. The molecule has 2 aromatic rings. The van der Waals surface area contributed by atoms with Gasteiger partial charge in [-0.25, -0.2) is 0 Å². The molecule has 1 amide bonds. The van der Waals surface area contributed by atoms with E-state index in [1.54, 1.807) is 12.1 Å². The zero-order valence-corrected chi connectivity index (χ0v) is 21.9. The number of nitrogens with one attached hydrogen (secondary N) is 1. The number of para-hydroxylation sites is 1. The van der Waals surface area contributed by atoms with E-state index in [1.165, 1.54) is 31.1 Å². The number of primary amides is 1. The molecule has 0 radical (unpaired) electrons. The van der Waals surface area contributed by atoms with Crippen molar-refractivity contribution in [3.05, 3.63) is 59.2 Å². The lowest BCUT2D eigenvalue weighted by atomic mass is 9.52. The average Bonchev–Trinajstić information content (AvgIpc) is 2.89. The molecule has 0 spiro atoms. The second-order valence-electron chi connectivity index (χ2n) is 10.9. The quantitative estimate of drug-likeness (QED) is 0.287. The van der Waals surface area contributed by atoms with E-state index in [0.717, 1.165) is 0 Å². The molecule has 2 aromatic carbocycles. The molecule has 2 unspecified atom stereocenters. The van der Waals surface area contributed by atoms with Crippen LogP contribution in [0.3, 0.4) is 0 Å². The third-order valence-corrected chi connectivity index (χ3v) is 8.47. The Hall–Kier alpha value is -4.22. The van der Waals surface area contributed by atoms with E-state index in [0.29, 0.717) is 5.69 Å². The number of rotatable bonds is 6. The third-order valence-electron chi connectivity index (χ3n) is 8.47. The number of phenolic OH excluding ortho intramolecular Hbond substituents is 1. The molecular formula is C29H29N3O8. The van der Waals surface area contributed by atoms with Gasteiger partial charge in [-0.15, -0.1) is 0 Å². The Balaban J connectivity index is 1.55. The summed E-state index contributed by atoms with van der Waals surface area (Å²) < 4.78 is 0. The van der Waals surface area contributed by atoms with Gasteiger partial charge in [-0.2, -0.15) is 0 Å². The molecule has 3 aliphatic carbocycles. The number of phenols is 1. The van der Waals surface area contributed by atoms with Crippen molar-refractivity contribution in [2.45, 2.75) is 24.5 Å². The van der Waals surface area contributed by atoms with E-state index in [4.69, 9.17) is 5.73 Å². The fourth-order valence-electron chi connectivity index (χ4n) is 6.70. The van der Waals surface area contributed by atoms with E-state index >= 15 is 0 Å². The molecule has 11 heteroatoms. The van der Waals surface area contributed by atoms with Crippen molar-refractivity contribution in [1.29, 1.82) is 0 Å². The van der Waals surface area contributed by atoms with Gasteiger partial charge in [0.1, 0.15) is 5.75 Å². The number of likely N-dealkylation sites (N-methyl/N-ethyl adjacent to an activating group) is 1. The van der Waals surface area contributed by atoms with Crippen LogP contribution in [0.15, 0.2) is 42.5 Å². The SMILES string of the molecule is CN(C)[C@H]1C(=O)C(C(N)=O)C(=O)[C@@]2(O)C(=O)C3C(=O)c4c(O)ccc(C(=O)CNc5ccccc5)c4C[C@H]3C[C@@H]12. The number of carbonyl (C=O) groups excluding carboxylic acids is 6. The monoisotopic (exact) mass is 547 g/mol. The molecule has 2 saturated carbocycles. The Labute approximate surface area is 229 Å². The Kier molecular flexibility index (Phi) is 6.67. The minimum absolute atomic E-state index is 0.0205. The van der Waals surface area contributed by atoms with Crippen LogP contribution >= 0.6 is 0 Å². The van der Waals surface area contributed by atoms with Crippen LogP contribution in [0.1, 0.15) is 32.7 Å². The van der Waals surface area contributed by atoms with E-state index < -0.39 is 70.1 Å². The van der Waals surface area contributed by atoms with Crippen LogP contribution in [-0.4, -0.2) is 82.2 Å². The van der Waals surface area contributed by atoms with Gasteiger partial charge >= 0.3 is 0 Å². The average molecular weight is 548 g/mol. The highest BCUT2D eigenvalue weighted by molar-refractivity contribution is 6.32. The second-order valence-corrected chi connectivity index (χ2v) is 10.9. The van der Waals surface area contributed by atoms with E-state index in [1.807, 2.05) is 18.2 Å². The first-order valence-corrected chi connectivity index (χ1v) is 12.9. The number of anilines is 1. The number of benzene rings is 2. The van der Waals surface area contributed by atoms with Gasteiger partial charge in [0.05, 0.1) is 24.1 Å². The van der Waals surface area contributed by atoms with E-state index in [-0.39, 0.29) is 41.9 Å². The summed E-state index contributed by atoms with van der Waals surface area (Å²) >= 11 is 0. The summed E-state index contributed by atoms with van der Waals surface area (Å²) in [5.74, 6) is -11.7. The van der Waals surface area contributed by atoms with Crippen LogP contribution in [0, 0.1) is 23.7 Å². The minimum atomic E-state index is -2.79. The van der Waals surface area contributed by atoms with Crippen molar-refractivity contribution in [1.82, 2.24) is 4.90 Å². The number of carbonyl (C=O) groups is 6. The van der Waals surface area contributed by atoms with Crippen LogP contribution in [0.2, 0.25) is 0 Å². The zero-order chi connectivity index (χ0) is 29.1. The predicted molar refractivity (Wildman–Crippen MR) is 141 cm³/mol. The van der Waals surface area contributed by atoms with Crippen molar-refractivity contribution >= 4 is 40.5 Å². The molecule has 0 bridgehead atoms. The lowest BCUT2D eigenvalue weighted by Crippen LogP contribution is -2.74. The molecule has 5 N–H and O–H groups in total. The Morgan fingerprint density at radius 3 is 2.35 bits per heavy atom. The molecule has 40 heavy (non-hydrogen) atoms. The molecule has 0 aromatic heterocycles. The highest BCUT2D eigenvalue weighted by Gasteiger charge is 2.69. The van der Waals surface area contributed by atoms with Crippen LogP contribution < -0.4 is 11.1 Å². The summed E-state index contributed by atoms with van der Waals surface area (Å²) in [6.07, 6.45) is -0.0674. The van der Waals surface area contributed by atoms with Crippen molar-refractivity contribution < 1.29 is 39.0 Å². The normalized spacial score (nSPS) is 29.4. The Morgan fingerprint density at radius 1 is 1.05 bits per heavy atom. The molecular weight excluding hydrogens is 518 g/mol. The number of nitrogens with zero attached hydrogens (tertiary/aromatic N) is 1. The standard InChI is InChI=1S/C29H29N3O8/c1-32(2)23-17-11-13-10-16-15(19(34)12-31-14-6-4-3-5-7-14)8-9-18(33)21(16)24(35)20(13)26(37)29(17,40)27(38)22(25(23)36)28(30)39/h3-9,13,17,20,22-23,31,33,40H,10-12H2,1-2H3,(H2,30,39)/t13-,17-,20?,22?,23+,29-/m0/s1. The molecule has 3 aliphatic rings. The molecule has 0 saturated heterocycles. The number of amides is 1. The number of Topliss-reactive ketones (excluding diaryl/α,β-unsaturated/α-hetero) is 5.